The third-order valence-corrected chi connectivity index (χ3v) is 2.99. The fraction of sp³-hybridized carbons (Fsp3) is 0.286. The average Bonchev–Trinajstić information content (AvgIpc) is 2.27. The maximum Gasteiger partial charge on any atom is 0.223 e. The van der Waals surface area contributed by atoms with Crippen molar-refractivity contribution in [1.29, 1.82) is 0 Å². The van der Waals surface area contributed by atoms with Crippen LogP contribution in [-0.4, -0.2) is 9.97 Å². The molecule has 1 aromatic heterocycles. The average molecular weight is 281 g/mol. The van der Waals surface area contributed by atoms with E-state index in [9.17, 15) is 0 Å². The monoisotopic (exact) mass is 280 g/mol. The Kier molecular flexibility index (Phi) is 3.60. The number of benzene rings is 1. The molecule has 0 aliphatic heterocycles. The van der Waals surface area contributed by atoms with E-state index in [-0.39, 0.29) is 10.7 Å². The highest BCUT2D eigenvalue weighted by Crippen LogP contribution is 2.27. The molecular formula is C14H14Cl2N2. The van der Waals surface area contributed by atoms with Crippen LogP contribution in [0.4, 0.5) is 0 Å². The van der Waals surface area contributed by atoms with E-state index in [1.54, 1.807) is 0 Å². The molecule has 0 amide bonds. The molecule has 2 nitrogen and oxygen atoms in total. The highest BCUT2D eigenvalue weighted by Gasteiger charge is 2.18. The summed E-state index contributed by atoms with van der Waals surface area (Å²) in [5.41, 5.74) is 2.58. The van der Waals surface area contributed by atoms with Gasteiger partial charge in [-0.3, -0.25) is 0 Å². The zero-order chi connectivity index (χ0) is 13.3. The topological polar surface area (TPSA) is 25.8 Å². The van der Waals surface area contributed by atoms with Crippen molar-refractivity contribution in [1.82, 2.24) is 9.97 Å². The van der Waals surface area contributed by atoms with Crippen molar-refractivity contribution in [3.05, 3.63) is 46.3 Å². The molecule has 0 aliphatic carbocycles. The predicted molar refractivity (Wildman–Crippen MR) is 76.2 cm³/mol. The normalized spacial score (nSPS) is 11.6. The lowest BCUT2D eigenvalue weighted by Gasteiger charge is -2.18. The molecule has 0 aliphatic rings. The van der Waals surface area contributed by atoms with Crippen LogP contribution in [0.15, 0.2) is 30.3 Å². The van der Waals surface area contributed by atoms with Gasteiger partial charge in [0.25, 0.3) is 0 Å². The van der Waals surface area contributed by atoms with Gasteiger partial charge in [-0.1, -0.05) is 44.5 Å². The van der Waals surface area contributed by atoms with Gasteiger partial charge >= 0.3 is 0 Å². The molecule has 2 rings (SSSR count). The standard InChI is InChI=1S/C14H14Cl2N2/c1-14(2,3)12-8-11(17-13(16)18-12)9-5-4-6-10(15)7-9/h4-8H,1-3H3. The maximum atomic E-state index is 5.99. The van der Waals surface area contributed by atoms with Crippen molar-refractivity contribution in [3.63, 3.8) is 0 Å². The van der Waals surface area contributed by atoms with Gasteiger partial charge < -0.3 is 0 Å². The molecule has 0 atom stereocenters. The summed E-state index contributed by atoms with van der Waals surface area (Å²) in [5.74, 6) is 0. The van der Waals surface area contributed by atoms with Crippen LogP contribution >= 0.6 is 23.2 Å². The Bertz CT molecular complexity index is 574. The van der Waals surface area contributed by atoms with E-state index >= 15 is 0 Å². The number of hydrogen-bond donors (Lipinski definition) is 0. The largest absolute Gasteiger partial charge is 0.223 e. The predicted octanol–water partition coefficient (Wildman–Crippen LogP) is 4.75. The van der Waals surface area contributed by atoms with Gasteiger partial charge in [-0.2, -0.15) is 0 Å². The number of nitrogens with zero attached hydrogens (tertiary/aromatic N) is 2. The number of halogens is 2. The molecule has 4 heteroatoms. The van der Waals surface area contributed by atoms with Gasteiger partial charge in [0.05, 0.1) is 11.4 Å². The second-order valence-corrected chi connectivity index (χ2v) is 5.94. The summed E-state index contributed by atoms with van der Waals surface area (Å²) in [6.45, 7) is 6.27. The highest BCUT2D eigenvalue weighted by molar-refractivity contribution is 6.30. The third kappa shape index (κ3) is 3.01. The first-order chi connectivity index (χ1) is 8.36. The van der Waals surface area contributed by atoms with Crippen molar-refractivity contribution in [2.24, 2.45) is 0 Å². The van der Waals surface area contributed by atoms with Gasteiger partial charge in [-0.05, 0) is 29.8 Å². The number of hydrogen-bond acceptors (Lipinski definition) is 2. The molecular weight excluding hydrogens is 267 g/mol. The smallest absolute Gasteiger partial charge is 0.222 e. The lowest BCUT2D eigenvalue weighted by atomic mass is 9.91. The van der Waals surface area contributed by atoms with Crippen LogP contribution in [0.1, 0.15) is 26.5 Å². The Hall–Kier alpha value is -1.12. The number of aromatic nitrogens is 2. The highest BCUT2D eigenvalue weighted by atomic mass is 35.5. The minimum Gasteiger partial charge on any atom is -0.222 e. The van der Waals surface area contributed by atoms with E-state index in [0.29, 0.717) is 5.02 Å². The summed E-state index contributed by atoms with van der Waals surface area (Å²) in [6.07, 6.45) is 0. The van der Waals surface area contributed by atoms with Gasteiger partial charge in [0.2, 0.25) is 5.28 Å². The molecule has 0 unspecified atom stereocenters. The molecule has 0 fully saturated rings. The lowest BCUT2D eigenvalue weighted by Crippen LogP contribution is -2.14. The SMILES string of the molecule is CC(C)(C)c1cc(-c2cccc(Cl)c2)nc(Cl)n1. The molecule has 1 aromatic carbocycles. The maximum absolute atomic E-state index is 5.99. The van der Waals surface area contributed by atoms with Crippen LogP contribution in [0, 0.1) is 0 Å². The molecule has 1 heterocycles. The van der Waals surface area contributed by atoms with Crippen LogP contribution < -0.4 is 0 Å². The molecule has 0 bridgehead atoms. The Morgan fingerprint density at radius 3 is 2.33 bits per heavy atom. The molecule has 0 saturated carbocycles. The minimum absolute atomic E-state index is 0.0695. The van der Waals surface area contributed by atoms with Crippen molar-refractivity contribution in [2.75, 3.05) is 0 Å². The molecule has 0 N–H and O–H groups in total. The van der Waals surface area contributed by atoms with Gasteiger partial charge in [0.15, 0.2) is 0 Å². The van der Waals surface area contributed by atoms with E-state index in [2.05, 4.69) is 30.7 Å². The van der Waals surface area contributed by atoms with Crippen LogP contribution in [0.5, 0.6) is 0 Å². The first-order valence-corrected chi connectivity index (χ1v) is 6.43. The summed E-state index contributed by atoms with van der Waals surface area (Å²) < 4.78 is 0. The fourth-order valence-corrected chi connectivity index (χ4v) is 1.97. The number of rotatable bonds is 1. The van der Waals surface area contributed by atoms with E-state index < -0.39 is 0 Å². The summed E-state index contributed by atoms with van der Waals surface area (Å²) in [4.78, 5) is 8.53. The molecule has 0 radical (unpaired) electrons. The van der Waals surface area contributed by atoms with Crippen LogP contribution in [0.3, 0.4) is 0 Å². The summed E-state index contributed by atoms with van der Waals surface area (Å²) in [5, 5.41) is 0.942. The molecule has 0 saturated heterocycles. The Morgan fingerprint density at radius 1 is 1.00 bits per heavy atom. The van der Waals surface area contributed by atoms with Crippen LogP contribution in [0.2, 0.25) is 10.3 Å². The van der Waals surface area contributed by atoms with Crippen molar-refractivity contribution < 1.29 is 0 Å². The summed E-state index contributed by atoms with van der Waals surface area (Å²) in [7, 11) is 0. The second-order valence-electron chi connectivity index (χ2n) is 5.17. The second kappa shape index (κ2) is 4.87. The fourth-order valence-electron chi connectivity index (χ4n) is 1.60. The van der Waals surface area contributed by atoms with Gasteiger partial charge in [-0.25, -0.2) is 9.97 Å². The molecule has 18 heavy (non-hydrogen) atoms. The Labute approximate surface area is 117 Å². The van der Waals surface area contributed by atoms with Crippen molar-refractivity contribution in [2.45, 2.75) is 26.2 Å². The molecule has 0 spiro atoms. The van der Waals surface area contributed by atoms with Gasteiger partial charge in [0.1, 0.15) is 0 Å². The quantitative estimate of drug-likeness (QED) is 0.705. The molecule has 94 valence electrons. The minimum atomic E-state index is -0.0695. The first kappa shape index (κ1) is 13.3. The van der Waals surface area contributed by atoms with Gasteiger partial charge in [-0.15, -0.1) is 0 Å². The van der Waals surface area contributed by atoms with E-state index in [0.717, 1.165) is 17.0 Å². The van der Waals surface area contributed by atoms with Gasteiger partial charge in [0, 0.05) is 16.0 Å². The van der Waals surface area contributed by atoms with Crippen molar-refractivity contribution in [3.8, 4) is 11.3 Å². The van der Waals surface area contributed by atoms with Crippen LogP contribution in [-0.2, 0) is 5.41 Å². The van der Waals surface area contributed by atoms with E-state index in [1.165, 1.54) is 0 Å². The van der Waals surface area contributed by atoms with E-state index in [4.69, 9.17) is 23.2 Å². The zero-order valence-corrected chi connectivity index (χ0v) is 12.0. The van der Waals surface area contributed by atoms with E-state index in [1.807, 2.05) is 30.3 Å². The Balaban J connectivity index is 2.55. The van der Waals surface area contributed by atoms with Crippen LogP contribution in [0.25, 0.3) is 11.3 Å². The lowest BCUT2D eigenvalue weighted by molar-refractivity contribution is 0.567. The zero-order valence-electron chi connectivity index (χ0n) is 10.5. The first-order valence-electron chi connectivity index (χ1n) is 5.67. The molecule has 2 aromatic rings. The Morgan fingerprint density at radius 2 is 1.72 bits per heavy atom. The van der Waals surface area contributed by atoms with Crippen molar-refractivity contribution >= 4 is 23.2 Å². The third-order valence-electron chi connectivity index (χ3n) is 2.59. The summed E-state index contributed by atoms with van der Waals surface area (Å²) in [6, 6.07) is 9.50. The summed E-state index contributed by atoms with van der Waals surface area (Å²) >= 11 is 12.0.